The first-order chi connectivity index (χ1) is 9.66. The highest BCUT2D eigenvalue weighted by molar-refractivity contribution is 5.78. The summed E-state index contributed by atoms with van der Waals surface area (Å²) in [7, 11) is 1.86. The quantitative estimate of drug-likeness (QED) is 0.797. The van der Waals surface area contributed by atoms with Crippen LogP contribution in [0.15, 0.2) is 30.3 Å². The molecule has 0 spiro atoms. The Morgan fingerprint density at radius 1 is 1.30 bits per heavy atom. The lowest BCUT2D eigenvalue weighted by molar-refractivity contribution is -0.133. The van der Waals surface area contributed by atoms with Crippen LogP contribution in [0.5, 0.6) is 5.75 Å². The molecule has 0 aromatic heterocycles. The number of carbonyl (C=O) groups is 1. The lowest BCUT2D eigenvalue weighted by Gasteiger charge is -2.27. The third-order valence-electron chi connectivity index (χ3n) is 3.85. The maximum Gasteiger partial charge on any atom is 0.236 e. The van der Waals surface area contributed by atoms with E-state index in [1.807, 2.05) is 44.3 Å². The van der Waals surface area contributed by atoms with Gasteiger partial charge in [0, 0.05) is 7.05 Å². The Labute approximate surface area is 121 Å². The van der Waals surface area contributed by atoms with Crippen LogP contribution in [0.4, 0.5) is 0 Å². The zero-order valence-electron chi connectivity index (χ0n) is 12.4. The van der Waals surface area contributed by atoms with E-state index in [-0.39, 0.29) is 11.9 Å². The van der Waals surface area contributed by atoms with E-state index in [4.69, 9.17) is 4.74 Å². The zero-order chi connectivity index (χ0) is 14.4. The molecule has 1 amide bonds. The van der Waals surface area contributed by atoms with Crippen LogP contribution < -0.4 is 4.74 Å². The van der Waals surface area contributed by atoms with Crippen LogP contribution in [0.2, 0.25) is 0 Å². The second-order valence-electron chi connectivity index (χ2n) is 5.46. The highest BCUT2D eigenvalue weighted by atomic mass is 16.5. The van der Waals surface area contributed by atoms with Gasteiger partial charge in [-0.25, -0.2) is 0 Å². The smallest absolute Gasteiger partial charge is 0.236 e. The van der Waals surface area contributed by atoms with Gasteiger partial charge in [0.1, 0.15) is 12.4 Å². The van der Waals surface area contributed by atoms with Crippen LogP contribution in [0.3, 0.4) is 0 Å². The van der Waals surface area contributed by atoms with Crippen molar-refractivity contribution in [1.82, 2.24) is 9.80 Å². The second kappa shape index (κ2) is 7.29. The van der Waals surface area contributed by atoms with Gasteiger partial charge in [0.05, 0.1) is 12.6 Å². The fraction of sp³-hybridized carbons (Fsp3) is 0.562. The summed E-state index contributed by atoms with van der Waals surface area (Å²) >= 11 is 0. The number of carbonyl (C=O) groups excluding carboxylic acids is 1. The molecule has 1 aromatic rings. The van der Waals surface area contributed by atoms with Crippen molar-refractivity contribution in [3.63, 3.8) is 0 Å². The molecule has 2 rings (SSSR count). The predicted octanol–water partition coefficient (Wildman–Crippen LogP) is 2.01. The summed E-state index contributed by atoms with van der Waals surface area (Å²) in [4.78, 5) is 16.2. The number of hydrogen-bond acceptors (Lipinski definition) is 3. The van der Waals surface area contributed by atoms with Crippen molar-refractivity contribution in [3.05, 3.63) is 30.3 Å². The number of likely N-dealkylation sites (N-methyl/N-ethyl adjacent to an activating group) is 1. The highest BCUT2D eigenvalue weighted by Gasteiger charge is 2.20. The topological polar surface area (TPSA) is 32.8 Å². The number of rotatable bonds is 6. The summed E-state index contributed by atoms with van der Waals surface area (Å²) in [5.74, 6) is 1.02. The lowest BCUT2D eigenvalue weighted by Crippen LogP contribution is -2.43. The van der Waals surface area contributed by atoms with Crippen LogP contribution in [-0.4, -0.2) is 55.0 Å². The van der Waals surface area contributed by atoms with Gasteiger partial charge in [-0.15, -0.1) is 0 Å². The van der Waals surface area contributed by atoms with E-state index in [0.29, 0.717) is 13.2 Å². The molecule has 1 fully saturated rings. The molecule has 0 aliphatic carbocycles. The van der Waals surface area contributed by atoms with E-state index in [2.05, 4.69) is 4.90 Å². The Bertz CT molecular complexity index is 416. The first kappa shape index (κ1) is 14.9. The molecule has 0 radical (unpaired) electrons. The maximum atomic E-state index is 12.2. The fourth-order valence-corrected chi connectivity index (χ4v) is 2.33. The van der Waals surface area contributed by atoms with Crippen molar-refractivity contribution in [2.24, 2.45) is 0 Å². The van der Waals surface area contributed by atoms with Crippen molar-refractivity contribution >= 4 is 5.91 Å². The van der Waals surface area contributed by atoms with Gasteiger partial charge in [-0.3, -0.25) is 9.69 Å². The maximum absolute atomic E-state index is 12.2. The van der Waals surface area contributed by atoms with Crippen LogP contribution in [-0.2, 0) is 4.79 Å². The molecule has 1 aliphatic rings. The molecule has 0 bridgehead atoms. The predicted molar refractivity (Wildman–Crippen MR) is 79.8 cm³/mol. The van der Waals surface area contributed by atoms with Gasteiger partial charge in [0.2, 0.25) is 5.91 Å². The van der Waals surface area contributed by atoms with Gasteiger partial charge in [0.15, 0.2) is 0 Å². The third-order valence-corrected chi connectivity index (χ3v) is 3.85. The van der Waals surface area contributed by atoms with Crippen molar-refractivity contribution in [2.75, 3.05) is 33.3 Å². The molecule has 1 atom stereocenters. The van der Waals surface area contributed by atoms with E-state index in [9.17, 15) is 4.79 Å². The average molecular weight is 276 g/mol. The van der Waals surface area contributed by atoms with Gasteiger partial charge >= 0.3 is 0 Å². The minimum atomic E-state index is 0.0744. The standard InChI is InChI=1S/C16H24N2O2/c1-14(13-20-15-8-4-3-5-9-15)17(2)16(19)12-18-10-6-7-11-18/h3-5,8-9,14H,6-7,10-13H2,1-2H3. The van der Waals surface area contributed by atoms with E-state index in [1.165, 1.54) is 12.8 Å². The van der Waals surface area contributed by atoms with Crippen LogP contribution in [0.25, 0.3) is 0 Å². The van der Waals surface area contributed by atoms with Crippen molar-refractivity contribution in [3.8, 4) is 5.75 Å². The summed E-state index contributed by atoms with van der Waals surface area (Å²) < 4.78 is 5.70. The van der Waals surface area contributed by atoms with Gasteiger partial charge in [-0.1, -0.05) is 18.2 Å². The number of nitrogens with zero attached hydrogens (tertiary/aromatic N) is 2. The Kier molecular flexibility index (Phi) is 5.41. The summed E-state index contributed by atoms with van der Waals surface area (Å²) in [6, 6.07) is 9.79. The third kappa shape index (κ3) is 4.23. The molecule has 0 saturated carbocycles. The van der Waals surface area contributed by atoms with Crippen LogP contribution >= 0.6 is 0 Å². The Hall–Kier alpha value is -1.55. The number of ether oxygens (including phenoxy) is 1. The molecule has 1 unspecified atom stereocenters. The van der Waals surface area contributed by atoms with Gasteiger partial charge < -0.3 is 9.64 Å². The van der Waals surface area contributed by atoms with Crippen LogP contribution in [0.1, 0.15) is 19.8 Å². The SMILES string of the molecule is CC(COc1ccccc1)N(C)C(=O)CN1CCCC1. The minimum absolute atomic E-state index is 0.0744. The largest absolute Gasteiger partial charge is 0.491 e. The highest BCUT2D eigenvalue weighted by Crippen LogP contribution is 2.11. The average Bonchev–Trinajstić information content (AvgIpc) is 2.98. The normalized spacial score (nSPS) is 16.9. The molecule has 1 saturated heterocycles. The Morgan fingerprint density at radius 2 is 1.95 bits per heavy atom. The number of para-hydroxylation sites is 1. The first-order valence-corrected chi connectivity index (χ1v) is 7.32. The summed E-state index contributed by atoms with van der Waals surface area (Å²) in [6.45, 7) is 5.17. The number of amides is 1. The van der Waals surface area contributed by atoms with E-state index >= 15 is 0 Å². The lowest BCUT2D eigenvalue weighted by atomic mass is 10.3. The summed E-state index contributed by atoms with van der Waals surface area (Å²) in [5, 5.41) is 0. The molecule has 1 heterocycles. The summed E-state index contributed by atoms with van der Waals surface area (Å²) in [6.07, 6.45) is 2.42. The number of likely N-dealkylation sites (tertiary alicyclic amines) is 1. The van der Waals surface area contributed by atoms with Gasteiger partial charge in [-0.05, 0) is 45.0 Å². The molecule has 20 heavy (non-hydrogen) atoms. The first-order valence-electron chi connectivity index (χ1n) is 7.32. The van der Waals surface area contributed by atoms with Gasteiger partial charge in [-0.2, -0.15) is 0 Å². The molecule has 4 nitrogen and oxygen atoms in total. The Balaban J connectivity index is 1.75. The molecule has 0 N–H and O–H groups in total. The van der Waals surface area contributed by atoms with E-state index in [1.54, 1.807) is 4.90 Å². The molecule has 1 aromatic carbocycles. The minimum Gasteiger partial charge on any atom is -0.491 e. The molecular weight excluding hydrogens is 252 g/mol. The second-order valence-corrected chi connectivity index (χ2v) is 5.46. The molecule has 1 aliphatic heterocycles. The van der Waals surface area contributed by atoms with Gasteiger partial charge in [0.25, 0.3) is 0 Å². The van der Waals surface area contributed by atoms with Crippen LogP contribution in [0, 0.1) is 0 Å². The molecule has 110 valence electrons. The molecule has 4 heteroatoms. The van der Waals surface area contributed by atoms with E-state index < -0.39 is 0 Å². The monoisotopic (exact) mass is 276 g/mol. The number of benzene rings is 1. The van der Waals surface area contributed by atoms with Crippen molar-refractivity contribution in [1.29, 1.82) is 0 Å². The summed E-state index contributed by atoms with van der Waals surface area (Å²) in [5.41, 5.74) is 0. The fourth-order valence-electron chi connectivity index (χ4n) is 2.33. The van der Waals surface area contributed by atoms with Crippen molar-refractivity contribution < 1.29 is 9.53 Å². The zero-order valence-corrected chi connectivity index (χ0v) is 12.4. The Morgan fingerprint density at radius 3 is 2.60 bits per heavy atom. The molecular formula is C16H24N2O2. The van der Waals surface area contributed by atoms with Crippen molar-refractivity contribution in [2.45, 2.75) is 25.8 Å². The van der Waals surface area contributed by atoms with E-state index in [0.717, 1.165) is 18.8 Å². The number of hydrogen-bond donors (Lipinski definition) is 0.